The molecule has 21 heavy (non-hydrogen) atoms. The molecule has 2 heterocycles. The largest absolute Gasteiger partial charge is 0.453 e. The van der Waals surface area contributed by atoms with E-state index in [-0.39, 0.29) is 0 Å². The number of benzene rings is 1. The van der Waals surface area contributed by atoms with Crippen molar-refractivity contribution in [3.63, 3.8) is 0 Å². The smallest absolute Gasteiger partial charge is 0.153 e. The lowest BCUT2D eigenvalue weighted by atomic mass is 10.2. The molecule has 3 rings (SSSR count). The van der Waals surface area contributed by atoms with Crippen molar-refractivity contribution in [3.05, 3.63) is 59.5 Å². The molecule has 0 aliphatic rings. The number of pyridine rings is 2. The van der Waals surface area contributed by atoms with E-state index in [0.29, 0.717) is 27.7 Å². The Bertz CT molecular complexity index is 773. The van der Waals surface area contributed by atoms with Crippen molar-refractivity contribution >= 4 is 22.5 Å². The Balaban J connectivity index is 1.96. The summed E-state index contributed by atoms with van der Waals surface area (Å²) >= 11 is 6.15. The maximum absolute atomic E-state index is 9.45. The minimum absolute atomic E-state index is 0.577. The number of aromatic nitrogens is 2. The number of fused-ring (bicyclic) bond motifs is 1. The van der Waals surface area contributed by atoms with Crippen LogP contribution in [-0.2, 0) is 0 Å². The number of nitrogens with zero attached hydrogens (tertiary/aromatic N) is 2. The van der Waals surface area contributed by atoms with Gasteiger partial charge in [0.25, 0.3) is 0 Å². The minimum Gasteiger partial charge on any atom is -0.453 e. The zero-order valence-electron chi connectivity index (χ0n) is 11.3. The van der Waals surface area contributed by atoms with Gasteiger partial charge in [-0.25, -0.2) is 0 Å². The van der Waals surface area contributed by atoms with Crippen LogP contribution in [-0.4, -0.2) is 15.1 Å². The Kier molecular flexibility index (Phi) is 3.73. The van der Waals surface area contributed by atoms with E-state index in [1.54, 1.807) is 43.6 Å². The summed E-state index contributed by atoms with van der Waals surface area (Å²) in [6, 6.07) is 10.8. The lowest BCUT2D eigenvalue weighted by Crippen LogP contribution is -1.95. The molecule has 0 saturated carbocycles. The van der Waals surface area contributed by atoms with Gasteiger partial charge in [0, 0.05) is 11.6 Å². The number of rotatable bonds is 3. The van der Waals surface area contributed by atoms with Gasteiger partial charge < -0.3 is 9.84 Å². The monoisotopic (exact) mass is 300 g/mol. The van der Waals surface area contributed by atoms with Gasteiger partial charge in [0.15, 0.2) is 5.75 Å². The summed E-state index contributed by atoms with van der Waals surface area (Å²) in [5.41, 5.74) is 1.30. The van der Waals surface area contributed by atoms with E-state index < -0.39 is 6.10 Å². The van der Waals surface area contributed by atoms with Gasteiger partial charge in [0.2, 0.25) is 0 Å². The second-order valence-corrected chi connectivity index (χ2v) is 5.05. The minimum atomic E-state index is -0.600. The van der Waals surface area contributed by atoms with Gasteiger partial charge in [0.1, 0.15) is 11.3 Å². The summed E-state index contributed by atoms with van der Waals surface area (Å²) < 4.78 is 5.82. The summed E-state index contributed by atoms with van der Waals surface area (Å²) in [5.74, 6) is 1.19. The summed E-state index contributed by atoms with van der Waals surface area (Å²) in [7, 11) is 0. The number of ether oxygens (including phenoxy) is 1. The normalized spacial score (nSPS) is 12.3. The highest BCUT2D eigenvalue weighted by Crippen LogP contribution is 2.32. The van der Waals surface area contributed by atoms with Crippen molar-refractivity contribution in [1.29, 1.82) is 0 Å². The number of halogens is 1. The van der Waals surface area contributed by atoms with Crippen LogP contribution in [0.2, 0.25) is 5.02 Å². The van der Waals surface area contributed by atoms with E-state index in [9.17, 15) is 5.11 Å². The first-order chi connectivity index (χ1) is 10.1. The molecule has 0 aliphatic carbocycles. The van der Waals surface area contributed by atoms with Crippen LogP contribution in [0, 0.1) is 0 Å². The quantitative estimate of drug-likeness (QED) is 0.790. The predicted molar refractivity (Wildman–Crippen MR) is 81.7 cm³/mol. The molecule has 0 aliphatic heterocycles. The fourth-order valence-corrected chi connectivity index (χ4v) is 2.24. The van der Waals surface area contributed by atoms with Gasteiger partial charge >= 0.3 is 0 Å². The van der Waals surface area contributed by atoms with E-state index in [4.69, 9.17) is 16.3 Å². The highest BCUT2D eigenvalue weighted by molar-refractivity contribution is 6.35. The molecule has 0 unspecified atom stereocenters. The standard InChI is InChI=1S/C16H13ClN2O2/c1-10(20)14-6-4-11(9-19-14)21-15-7-5-13(17)12-3-2-8-18-16(12)15/h2-10,20H,1H3/t10-/m1/s1. The topological polar surface area (TPSA) is 55.2 Å². The van der Waals surface area contributed by atoms with E-state index in [1.165, 1.54) is 0 Å². The van der Waals surface area contributed by atoms with Crippen LogP contribution in [0.4, 0.5) is 0 Å². The van der Waals surface area contributed by atoms with Gasteiger partial charge in [0.05, 0.1) is 23.0 Å². The molecule has 0 bridgehead atoms. The van der Waals surface area contributed by atoms with Crippen LogP contribution in [0.25, 0.3) is 10.9 Å². The summed E-state index contributed by atoms with van der Waals surface area (Å²) in [6.45, 7) is 1.67. The number of hydrogen-bond acceptors (Lipinski definition) is 4. The number of hydrogen-bond donors (Lipinski definition) is 1. The lowest BCUT2D eigenvalue weighted by molar-refractivity contribution is 0.194. The van der Waals surface area contributed by atoms with Crippen LogP contribution in [0.5, 0.6) is 11.5 Å². The van der Waals surface area contributed by atoms with Gasteiger partial charge in [-0.15, -0.1) is 0 Å². The first kappa shape index (κ1) is 13.8. The molecule has 1 N–H and O–H groups in total. The van der Waals surface area contributed by atoms with E-state index in [1.807, 2.05) is 12.1 Å². The molecule has 0 saturated heterocycles. The first-order valence-corrected chi connectivity index (χ1v) is 6.88. The molecule has 0 radical (unpaired) electrons. The first-order valence-electron chi connectivity index (χ1n) is 6.50. The van der Waals surface area contributed by atoms with Crippen molar-refractivity contribution in [2.24, 2.45) is 0 Å². The van der Waals surface area contributed by atoms with Crippen molar-refractivity contribution in [3.8, 4) is 11.5 Å². The lowest BCUT2D eigenvalue weighted by Gasteiger charge is -2.10. The maximum Gasteiger partial charge on any atom is 0.153 e. The third-order valence-electron chi connectivity index (χ3n) is 3.09. The van der Waals surface area contributed by atoms with Crippen molar-refractivity contribution in [2.75, 3.05) is 0 Å². The van der Waals surface area contributed by atoms with Gasteiger partial charge in [-0.05, 0) is 43.3 Å². The van der Waals surface area contributed by atoms with Crippen molar-refractivity contribution in [2.45, 2.75) is 13.0 Å². The molecule has 3 aromatic rings. The molecule has 4 nitrogen and oxygen atoms in total. The van der Waals surface area contributed by atoms with E-state index in [0.717, 1.165) is 5.39 Å². The Morgan fingerprint density at radius 3 is 2.71 bits per heavy atom. The summed E-state index contributed by atoms with van der Waals surface area (Å²) in [4.78, 5) is 8.46. The maximum atomic E-state index is 9.45. The number of aliphatic hydroxyl groups is 1. The molecule has 5 heteroatoms. The zero-order chi connectivity index (χ0) is 14.8. The Hall–Kier alpha value is -2.17. The van der Waals surface area contributed by atoms with Crippen molar-refractivity contribution < 1.29 is 9.84 Å². The van der Waals surface area contributed by atoms with Crippen LogP contribution in [0.3, 0.4) is 0 Å². The van der Waals surface area contributed by atoms with Gasteiger partial charge in [-0.1, -0.05) is 11.6 Å². The fraction of sp³-hybridized carbons (Fsp3) is 0.125. The summed E-state index contributed by atoms with van der Waals surface area (Å²) in [5, 5.41) is 10.9. The van der Waals surface area contributed by atoms with Crippen LogP contribution < -0.4 is 4.74 Å². The zero-order valence-corrected chi connectivity index (χ0v) is 12.1. The average molecular weight is 301 g/mol. The second kappa shape index (κ2) is 5.68. The molecular weight excluding hydrogens is 288 g/mol. The van der Waals surface area contributed by atoms with Crippen LogP contribution in [0.15, 0.2) is 48.8 Å². The molecule has 0 amide bonds. The summed E-state index contributed by atoms with van der Waals surface area (Å²) in [6.07, 6.45) is 2.67. The third-order valence-corrected chi connectivity index (χ3v) is 3.42. The van der Waals surface area contributed by atoms with Crippen molar-refractivity contribution in [1.82, 2.24) is 9.97 Å². The van der Waals surface area contributed by atoms with E-state index >= 15 is 0 Å². The van der Waals surface area contributed by atoms with Crippen LogP contribution >= 0.6 is 11.6 Å². The average Bonchev–Trinajstić information content (AvgIpc) is 2.51. The molecule has 0 fully saturated rings. The molecule has 1 aromatic carbocycles. The Labute approximate surface area is 127 Å². The predicted octanol–water partition coefficient (Wildman–Crippen LogP) is 4.13. The Morgan fingerprint density at radius 1 is 1.14 bits per heavy atom. The molecule has 1 atom stereocenters. The number of aliphatic hydroxyl groups excluding tert-OH is 1. The Morgan fingerprint density at radius 2 is 2.00 bits per heavy atom. The highest BCUT2D eigenvalue weighted by Gasteiger charge is 2.08. The molecule has 106 valence electrons. The molecule has 2 aromatic heterocycles. The SMILES string of the molecule is C[C@@H](O)c1ccc(Oc2ccc(Cl)c3cccnc23)cn1. The third kappa shape index (κ3) is 2.82. The van der Waals surface area contributed by atoms with E-state index in [2.05, 4.69) is 9.97 Å². The fourth-order valence-electron chi connectivity index (χ4n) is 2.02. The van der Waals surface area contributed by atoms with Gasteiger partial charge in [-0.2, -0.15) is 0 Å². The molecular formula is C16H13ClN2O2. The van der Waals surface area contributed by atoms with Gasteiger partial charge in [-0.3, -0.25) is 9.97 Å². The second-order valence-electron chi connectivity index (χ2n) is 4.64. The highest BCUT2D eigenvalue weighted by atomic mass is 35.5. The molecule has 0 spiro atoms. The van der Waals surface area contributed by atoms with Crippen LogP contribution in [0.1, 0.15) is 18.7 Å².